The number of amides is 1. The number of carbonyl (C=O) groups is 1. The molecule has 5 nitrogen and oxygen atoms in total. The van der Waals surface area contributed by atoms with Crippen LogP contribution in [0.2, 0.25) is 5.02 Å². The lowest BCUT2D eigenvalue weighted by atomic mass is 10.0. The van der Waals surface area contributed by atoms with Gasteiger partial charge in [-0.25, -0.2) is 13.6 Å². The molecule has 0 heterocycles. The lowest BCUT2D eigenvalue weighted by Crippen LogP contribution is -2.26. The summed E-state index contributed by atoms with van der Waals surface area (Å²) in [6, 6.07) is 3.86. The van der Waals surface area contributed by atoms with Crippen molar-refractivity contribution < 1.29 is 13.2 Å². The predicted octanol–water partition coefficient (Wildman–Crippen LogP) is 2.30. The monoisotopic (exact) mass is 330 g/mol. The van der Waals surface area contributed by atoms with Crippen LogP contribution in [0.25, 0.3) is 0 Å². The molecular formula is C14H19ClN2O3S. The summed E-state index contributed by atoms with van der Waals surface area (Å²) in [6.45, 7) is 0.569. The minimum absolute atomic E-state index is 0.118. The number of benzene rings is 1. The molecule has 1 amide bonds. The molecule has 0 spiro atoms. The molecule has 0 unspecified atom stereocenters. The van der Waals surface area contributed by atoms with Gasteiger partial charge in [-0.1, -0.05) is 37.3 Å². The summed E-state index contributed by atoms with van der Waals surface area (Å²) in [5.41, 5.74) is 0.134. The Morgan fingerprint density at radius 1 is 1.33 bits per heavy atom. The van der Waals surface area contributed by atoms with Crippen molar-refractivity contribution >= 4 is 27.5 Å². The number of hydrogen-bond acceptors (Lipinski definition) is 3. The van der Waals surface area contributed by atoms with E-state index in [9.17, 15) is 13.2 Å². The van der Waals surface area contributed by atoms with Gasteiger partial charge < -0.3 is 5.32 Å². The van der Waals surface area contributed by atoms with Gasteiger partial charge in [0.15, 0.2) is 0 Å². The lowest BCUT2D eigenvalue weighted by molar-refractivity contribution is 0.0951. The predicted molar refractivity (Wildman–Crippen MR) is 81.7 cm³/mol. The first-order valence-corrected chi connectivity index (χ1v) is 8.91. The van der Waals surface area contributed by atoms with Crippen molar-refractivity contribution in [3.05, 3.63) is 28.8 Å². The molecule has 0 aromatic heterocycles. The maximum Gasteiger partial charge on any atom is 0.252 e. The van der Waals surface area contributed by atoms with E-state index in [2.05, 4.69) is 5.32 Å². The average molecular weight is 331 g/mol. The fraction of sp³-hybridized carbons (Fsp3) is 0.500. The Hall–Kier alpha value is -1.11. The van der Waals surface area contributed by atoms with Crippen molar-refractivity contribution in [1.29, 1.82) is 0 Å². The van der Waals surface area contributed by atoms with Gasteiger partial charge in [-0.2, -0.15) is 0 Å². The molecular weight excluding hydrogens is 312 g/mol. The number of nitrogens with two attached hydrogens (primary N) is 1. The Labute approximate surface area is 129 Å². The highest BCUT2D eigenvalue weighted by atomic mass is 35.5. The third-order valence-corrected chi connectivity index (χ3v) is 5.06. The van der Waals surface area contributed by atoms with Crippen LogP contribution in [-0.4, -0.2) is 20.9 Å². The smallest absolute Gasteiger partial charge is 0.252 e. The molecule has 0 bridgehead atoms. The van der Waals surface area contributed by atoms with Crippen LogP contribution < -0.4 is 10.5 Å². The number of primary sulfonamides is 1. The summed E-state index contributed by atoms with van der Waals surface area (Å²) in [4.78, 5) is 12.0. The number of nitrogens with one attached hydrogen (secondary N) is 1. The van der Waals surface area contributed by atoms with Gasteiger partial charge >= 0.3 is 0 Å². The van der Waals surface area contributed by atoms with Crippen molar-refractivity contribution in [2.75, 3.05) is 6.54 Å². The van der Waals surface area contributed by atoms with Gasteiger partial charge in [0.1, 0.15) is 0 Å². The first-order valence-electron chi connectivity index (χ1n) is 6.98. The topological polar surface area (TPSA) is 89.3 Å². The van der Waals surface area contributed by atoms with Crippen LogP contribution in [0.1, 0.15) is 42.5 Å². The minimum Gasteiger partial charge on any atom is -0.352 e. The zero-order valence-corrected chi connectivity index (χ0v) is 13.2. The van der Waals surface area contributed by atoms with Crippen molar-refractivity contribution in [2.45, 2.75) is 37.0 Å². The van der Waals surface area contributed by atoms with Crippen LogP contribution in [0.4, 0.5) is 0 Å². The van der Waals surface area contributed by atoms with Crippen LogP contribution in [0, 0.1) is 5.92 Å². The number of halogens is 1. The Balaban J connectivity index is 2.01. The van der Waals surface area contributed by atoms with E-state index in [-0.39, 0.29) is 21.4 Å². The van der Waals surface area contributed by atoms with Crippen LogP contribution in [0.5, 0.6) is 0 Å². The number of hydrogen-bond donors (Lipinski definition) is 2. The standard InChI is InChI=1S/C14H19ClN2O3S/c15-13-6-5-11(21(16,19)20)9-12(13)14(18)17-8-7-10-3-1-2-4-10/h5-6,9-10H,1-4,7-8H2,(H,17,18)(H2,16,19,20). The van der Waals surface area contributed by atoms with E-state index >= 15 is 0 Å². The first kappa shape index (κ1) is 16.3. The normalized spacial score (nSPS) is 16.1. The molecule has 0 saturated heterocycles. The SMILES string of the molecule is NS(=O)(=O)c1ccc(Cl)c(C(=O)NCCC2CCCC2)c1. The van der Waals surface area contributed by atoms with Gasteiger partial charge in [-0.3, -0.25) is 4.79 Å². The summed E-state index contributed by atoms with van der Waals surface area (Å²) in [7, 11) is -3.85. The quantitative estimate of drug-likeness (QED) is 0.868. The number of rotatable bonds is 5. The fourth-order valence-corrected chi connectivity index (χ4v) is 3.38. The third kappa shape index (κ3) is 4.43. The lowest BCUT2D eigenvalue weighted by Gasteiger charge is -2.11. The summed E-state index contributed by atoms with van der Waals surface area (Å²) in [5.74, 6) is 0.306. The molecule has 1 aromatic rings. The summed E-state index contributed by atoms with van der Waals surface area (Å²) >= 11 is 5.95. The molecule has 3 N–H and O–H groups in total. The maximum atomic E-state index is 12.1. The maximum absolute atomic E-state index is 12.1. The van der Waals surface area contributed by atoms with Gasteiger partial charge in [0.05, 0.1) is 15.5 Å². The molecule has 1 aliphatic carbocycles. The molecule has 0 atom stereocenters. The second kappa shape index (κ2) is 6.77. The van der Waals surface area contributed by atoms with Crippen molar-refractivity contribution in [1.82, 2.24) is 5.32 Å². The first-order chi connectivity index (χ1) is 9.88. The molecule has 2 rings (SSSR count). The molecule has 1 aliphatic rings. The van der Waals surface area contributed by atoms with Crippen molar-refractivity contribution in [3.63, 3.8) is 0 Å². The second-order valence-electron chi connectivity index (χ2n) is 5.38. The summed E-state index contributed by atoms with van der Waals surface area (Å²) in [5, 5.41) is 8.05. The molecule has 7 heteroatoms. The third-order valence-electron chi connectivity index (χ3n) is 3.82. The van der Waals surface area contributed by atoms with E-state index in [4.69, 9.17) is 16.7 Å². The molecule has 0 aliphatic heterocycles. The van der Waals surface area contributed by atoms with E-state index in [1.165, 1.54) is 43.9 Å². The minimum atomic E-state index is -3.85. The van der Waals surface area contributed by atoms with Crippen LogP contribution >= 0.6 is 11.6 Å². The van der Waals surface area contributed by atoms with E-state index < -0.39 is 10.0 Å². The highest BCUT2D eigenvalue weighted by molar-refractivity contribution is 7.89. The fourth-order valence-electron chi connectivity index (χ4n) is 2.64. The highest BCUT2D eigenvalue weighted by Crippen LogP contribution is 2.27. The van der Waals surface area contributed by atoms with Gasteiger partial charge in [-0.15, -0.1) is 0 Å². The summed E-state index contributed by atoms with van der Waals surface area (Å²) < 4.78 is 22.6. The number of carbonyl (C=O) groups excluding carboxylic acids is 1. The Kier molecular flexibility index (Phi) is 5.24. The molecule has 21 heavy (non-hydrogen) atoms. The van der Waals surface area contributed by atoms with E-state index in [0.29, 0.717) is 12.5 Å². The Morgan fingerprint density at radius 3 is 2.62 bits per heavy atom. The van der Waals surface area contributed by atoms with Crippen molar-refractivity contribution in [3.8, 4) is 0 Å². The Bertz CT molecular complexity index is 625. The average Bonchev–Trinajstić information content (AvgIpc) is 2.91. The summed E-state index contributed by atoms with van der Waals surface area (Å²) in [6.07, 6.45) is 5.91. The van der Waals surface area contributed by atoms with Crippen LogP contribution in [-0.2, 0) is 10.0 Å². The zero-order valence-electron chi connectivity index (χ0n) is 11.6. The molecule has 1 aromatic carbocycles. The van der Waals surface area contributed by atoms with E-state index in [1.807, 2.05) is 0 Å². The van der Waals surface area contributed by atoms with Crippen LogP contribution in [0.3, 0.4) is 0 Å². The van der Waals surface area contributed by atoms with Gasteiger partial charge in [0.2, 0.25) is 10.0 Å². The van der Waals surface area contributed by atoms with E-state index in [0.717, 1.165) is 6.42 Å². The molecule has 1 saturated carbocycles. The van der Waals surface area contributed by atoms with Crippen molar-refractivity contribution in [2.24, 2.45) is 11.1 Å². The molecule has 116 valence electrons. The zero-order chi connectivity index (χ0) is 15.5. The van der Waals surface area contributed by atoms with E-state index in [1.54, 1.807) is 0 Å². The highest BCUT2D eigenvalue weighted by Gasteiger charge is 2.17. The molecule has 1 fully saturated rings. The van der Waals surface area contributed by atoms with Gasteiger partial charge in [0.25, 0.3) is 5.91 Å². The van der Waals surface area contributed by atoms with Gasteiger partial charge in [0, 0.05) is 6.54 Å². The van der Waals surface area contributed by atoms with Gasteiger partial charge in [-0.05, 0) is 30.5 Å². The Morgan fingerprint density at radius 2 is 2.00 bits per heavy atom. The number of sulfonamides is 1. The van der Waals surface area contributed by atoms with Crippen LogP contribution in [0.15, 0.2) is 23.1 Å². The largest absolute Gasteiger partial charge is 0.352 e. The molecule has 0 radical (unpaired) electrons. The second-order valence-corrected chi connectivity index (χ2v) is 7.35.